The third kappa shape index (κ3) is 3.59. The lowest BCUT2D eigenvalue weighted by molar-refractivity contribution is -0.136. The van der Waals surface area contributed by atoms with E-state index in [2.05, 4.69) is 0 Å². The fraction of sp³-hybridized carbons (Fsp3) is 0.412. The van der Waals surface area contributed by atoms with Crippen LogP contribution in [0.15, 0.2) is 29.2 Å². The van der Waals surface area contributed by atoms with E-state index in [1.807, 2.05) is 25.1 Å². The summed E-state index contributed by atoms with van der Waals surface area (Å²) in [6.45, 7) is 2.83. The largest absolute Gasteiger partial charge is 0.496 e. The molecule has 5 nitrogen and oxygen atoms in total. The van der Waals surface area contributed by atoms with E-state index < -0.39 is 0 Å². The summed E-state index contributed by atoms with van der Waals surface area (Å²) < 4.78 is 10.4. The van der Waals surface area contributed by atoms with Crippen LogP contribution in [0.4, 0.5) is 0 Å². The van der Waals surface area contributed by atoms with Gasteiger partial charge in [0.1, 0.15) is 5.75 Å². The Morgan fingerprint density at radius 1 is 1.13 bits per heavy atom. The quantitative estimate of drug-likeness (QED) is 0.540. The molecule has 1 aliphatic heterocycles. The van der Waals surface area contributed by atoms with Crippen LogP contribution in [0.2, 0.25) is 0 Å². The van der Waals surface area contributed by atoms with Gasteiger partial charge in [-0.25, -0.2) is 0 Å². The van der Waals surface area contributed by atoms with Crippen LogP contribution in [0.1, 0.15) is 18.9 Å². The monoisotopic (exact) mass is 335 g/mol. The van der Waals surface area contributed by atoms with Crippen molar-refractivity contribution >= 4 is 29.1 Å². The van der Waals surface area contributed by atoms with E-state index >= 15 is 0 Å². The number of hydrogen-bond acceptors (Lipinski definition) is 5. The number of methoxy groups -OCH3 is 2. The highest BCUT2D eigenvalue weighted by Crippen LogP contribution is 2.39. The predicted molar refractivity (Wildman–Crippen MR) is 91.3 cm³/mol. The number of thioether (sulfide) groups is 1. The van der Waals surface area contributed by atoms with Crippen LogP contribution in [-0.4, -0.2) is 49.8 Å². The Morgan fingerprint density at radius 3 is 2.52 bits per heavy atom. The lowest BCUT2D eigenvalue weighted by Crippen LogP contribution is -2.33. The zero-order valence-electron chi connectivity index (χ0n) is 13.6. The van der Waals surface area contributed by atoms with Crippen molar-refractivity contribution in [2.45, 2.75) is 13.3 Å². The number of imide groups is 1. The summed E-state index contributed by atoms with van der Waals surface area (Å²) in [6, 6.07) is 7.29. The summed E-state index contributed by atoms with van der Waals surface area (Å²) in [7, 11) is 3.16. The minimum absolute atomic E-state index is 0.223. The van der Waals surface area contributed by atoms with E-state index in [-0.39, 0.29) is 11.8 Å². The molecule has 0 radical (unpaired) electrons. The second kappa shape index (κ2) is 8.17. The Balaban J connectivity index is 2.40. The molecule has 0 saturated heterocycles. The molecule has 0 atom stereocenters. The number of amides is 2. The van der Waals surface area contributed by atoms with Gasteiger partial charge in [-0.05, 0) is 18.2 Å². The highest BCUT2D eigenvalue weighted by molar-refractivity contribution is 8.04. The van der Waals surface area contributed by atoms with Crippen LogP contribution in [0, 0.1) is 0 Å². The fourth-order valence-corrected chi connectivity index (χ4v) is 3.35. The van der Waals surface area contributed by atoms with Gasteiger partial charge >= 0.3 is 0 Å². The lowest BCUT2D eigenvalue weighted by Gasteiger charge is -2.15. The molecule has 2 amide bonds. The van der Waals surface area contributed by atoms with Crippen molar-refractivity contribution in [3.05, 3.63) is 34.7 Å². The van der Waals surface area contributed by atoms with Crippen molar-refractivity contribution in [3.8, 4) is 5.75 Å². The summed E-state index contributed by atoms with van der Waals surface area (Å²) in [5.74, 6) is 0.834. The molecule has 0 saturated carbocycles. The molecule has 1 aromatic rings. The zero-order valence-corrected chi connectivity index (χ0v) is 14.4. The molecule has 23 heavy (non-hydrogen) atoms. The SMILES string of the molecule is CCSC1=C(c2ccccc2OC)C(=O)N(CCCOC)C1=O. The maximum Gasteiger partial charge on any atom is 0.267 e. The summed E-state index contributed by atoms with van der Waals surface area (Å²) in [4.78, 5) is 27.2. The third-order valence-electron chi connectivity index (χ3n) is 3.52. The van der Waals surface area contributed by atoms with E-state index in [4.69, 9.17) is 9.47 Å². The molecule has 0 fully saturated rings. The second-order valence-electron chi connectivity index (χ2n) is 4.95. The zero-order chi connectivity index (χ0) is 16.8. The van der Waals surface area contributed by atoms with Crippen LogP contribution >= 0.6 is 11.8 Å². The summed E-state index contributed by atoms with van der Waals surface area (Å²) in [5, 5.41) is 0. The topological polar surface area (TPSA) is 55.8 Å². The van der Waals surface area contributed by atoms with Gasteiger partial charge in [-0.3, -0.25) is 14.5 Å². The number of ether oxygens (including phenoxy) is 2. The van der Waals surface area contributed by atoms with Crippen molar-refractivity contribution in [3.63, 3.8) is 0 Å². The third-order valence-corrected chi connectivity index (χ3v) is 4.48. The molecule has 0 aliphatic carbocycles. The number of benzene rings is 1. The number of nitrogens with zero attached hydrogens (tertiary/aromatic N) is 1. The normalized spacial score (nSPS) is 14.8. The molecule has 2 rings (SSSR count). The fourth-order valence-electron chi connectivity index (χ4n) is 2.49. The van der Waals surface area contributed by atoms with Crippen molar-refractivity contribution in [1.29, 1.82) is 0 Å². The second-order valence-corrected chi connectivity index (χ2v) is 6.22. The van der Waals surface area contributed by atoms with Gasteiger partial charge < -0.3 is 9.47 Å². The summed E-state index contributed by atoms with van der Waals surface area (Å²) in [5.41, 5.74) is 1.11. The number of carbonyl (C=O) groups excluding carboxylic acids is 2. The Morgan fingerprint density at radius 2 is 1.87 bits per heavy atom. The minimum atomic E-state index is -0.258. The van der Waals surface area contributed by atoms with Gasteiger partial charge in [0.05, 0.1) is 17.6 Å². The average Bonchev–Trinajstić information content (AvgIpc) is 2.79. The van der Waals surface area contributed by atoms with Crippen LogP contribution in [0.25, 0.3) is 5.57 Å². The van der Waals surface area contributed by atoms with Crippen molar-refractivity contribution in [2.24, 2.45) is 0 Å². The number of carbonyl (C=O) groups is 2. The van der Waals surface area contributed by atoms with E-state index in [0.717, 1.165) is 5.75 Å². The molecule has 1 aliphatic rings. The van der Waals surface area contributed by atoms with Crippen molar-refractivity contribution in [2.75, 3.05) is 33.1 Å². The summed E-state index contributed by atoms with van der Waals surface area (Å²) in [6.07, 6.45) is 0.622. The first-order valence-electron chi connectivity index (χ1n) is 7.51. The van der Waals surface area contributed by atoms with Crippen LogP contribution < -0.4 is 4.74 Å². The molecular formula is C17H21NO4S. The summed E-state index contributed by atoms with van der Waals surface area (Å²) >= 11 is 1.40. The lowest BCUT2D eigenvalue weighted by atomic mass is 10.1. The minimum Gasteiger partial charge on any atom is -0.496 e. The molecule has 124 valence electrons. The molecule has 1 heterocycles. The Bertz CT molecular complexity index is 627. The first-order valence-corrected chi connectivity index (χ1v) is 8.49. The Kier molecular flexibility index (Phi) is 6.24. The predicted octanol–water partition coefficient (Wildman–Crippen LogP) is 2.56. The highest BCUT2D eigenvalue weighted by Gasteiger charge is 2.39. The molecule has 0 bridgehead atoms. The van der Waals surface area contributed by atoms with Crippen LogP contribution in [-0.2, 0) is 14.3 Å². The Hall–Kier alpha value is -1.79. The number of hydrogen-bond donors (Lipinski definition) is 0. The number of rotatable bonds is 8. The maximum atomic E-state index is 12.8. The van der Waals surface area contributed by atoms with Gasteiger partial charge in [-0.1, -0.05) is 25.1 Å². The molecule has 0 N–H and O–H groups in total. The number of para-hydroxylation sites is 1. The van der Waals surface area contributed by atoms with Crippen LogP contribution in [0.5, 0.6) is 5.75 Å². The van der Waals surface area contributed by atoms with Crippen LogP contribution in [0.3, 0.4) is 0 Å². The standard InChI is InChI=1S/C17H21NO4S/c1-4-23-15-14(12-8-5-6-9-13(12)22-3)16(19)18(17(15)20)10-7-11-21-2/h5-6,8-9H,4,7,10-11H2,1-3H3. The smallest absolute Gasteiger partial charge is 0.267 e. The van der Waals surface area contributed by atoms with Gasteiger partial charge in [0, 0.05) is 25.8 Å². The van der Waals surface area contributed by atoms with Crippen molar-refractivity contribution in [1.82, 2.24) is 4.90 Å². The molecule has 1 aromatic carbocycles. The average molecular weight is 335 g/mol. The van der Waals surface area contributed by atoms with E-state index in [9.17, 15) is 9.59 Å². The molecule has 0 aromatic heterocycles. The van der Waals surface area contributed by atoms with E-state index in [1.54, 1.807) is 20.3 Å². The maximum absolute atomic E-state index is 12.8. The van der Waals surface area contributed by atoms with Crippen molar-refractivity contribution < 1.29 is 19.1 Å². The Labute approximate surface area is 140 Å². The molecular weight excluding hydrogens is 314 g/mol. The molecule has 0 unspecified atom stereocenters. The van der Waals surface area contributed by atoms with E-state index in [0.29, 0.717) is 41.4 Å². The first-order chi connectivity index (χ1) is 11.2. The van der Waals surface area contributed by atoms with Gasteiger partial charge in [0.2, 0.25) is 0 Å². The van der Waals surface area contributed by atoms with Gasteiger partial charge in [0.15, 0.2) is 0 Å². The van der Waals surface area contributed by atoms with Gasteiger partial charge in [-0.2, -0.15) is 0 Å². The molecule has 6 heteroatoms. The van der Waals surface area contributed by atoms with E-state index in [1.165, 1.54) is 16.7 Å². The first kappa shape index (κ1) is 17.6. The van der Waals surface area contributed by atoms with Gasteiger partial charge in [-0.15, -0.1) is 11.8 Å². The van der Waals surface area contributed by atoms with Gasteiger partial charge in [0.25, 0.3) is 11.8 Å². The highest BCUT2D eigenvalue weighted by atomic mass is 32.2. The molecule has 0 spiro atoms.